The Kier molecular flexibility index (Phi) is 7.84. The smallest absolute Gasteiger partial charge is 0.257 e. The monoisotopic (exact) mass is 489 g/mol. The lowest BCUT2D eigenvalue weighted by Crippen LogP contribution is -2.31. The van der Waals surface area contributed by atoms with Crippen LogP contribution in [0.3, 0.4) is 0 Å². The molecule has 1 aromatic heterocycles. The average molecular weight is 490 g/mol. The van der Waals surface area contributed by atoms with Crippen LogP contribution < -0.4 is 15.4 Å². The van der Waals surface area contributed by atoms with E-state index >= 15 is 0 Å². The van der Waals surface area contributed by atoms with Gasteiger partial charge in [-0.3, -0.25) is 14.9 Å². The molecule has 0 aliphatic rings. The van der Waals surface area contributed by atoms with Gasteiger partial charge in [-0.2, -0.15) is 0 Å². The van der Waals surface area contributed by atoms with Gasteiger partial charge in [-0.15, -0.1) is 11.3 Å². The fourth-order valence-electron chi connectivity index (χ4n) is 3.56. The lowest BCUT2D eigenvalue weighted by Gasteiger charge is -2.20. The SMILES string of the molecule is COc1ccc(C(Cc2ccc(F)cc2)NC(=O)Cc2csc(NC(=O)c3ccccc3)n2)cc1. The standard InChI is InChI=1S/C27H24FN3O3S/c1-34-23-13-9-19(10-14-23)24(15-18-7-11-21(28)12-8-18)30-25(32)16-22-17-35-27(29-22)31-26(33)20-5-3-2-4-6-20/h2-14,17,24H,15-16H2,1H3,(H,30,32)(H,29,31,33). The maximum absolute atomic E-state index is 13.3. The molecule has 0 saturated heterocycles. The van der Waals surface area contributed by atoms with Gasteiger partial charge in [0.2, 0.25) is 5.91 Å². The zero-order valence-electron chi connectivity index (χ0n) is 19.0. The minimum absolute atomic E-state index is 0.0633. The van der Waals surface area contributed by atoms with Crippen molar-refractivity contribution in [2.24, 2.45) is 0 Å². The Morgan fingerprint density at radius 3 is 2.40 bits per heavy atom. The van der Waals surface area contributed by atoms with Gasteiger partial charge in [-0.05, 0) is 53.9 Å². The highest BCUT2D eigenvalue weighted by atomic mass is 32.1. The highest BCUT2D eigenvalue weighted by molar-refractivity contribution is 7.14. The highest BCUT2D eigenvalue weighted by Crippen LogP contribution is 2.23. The van der Waals surface area contributed by atoms with Crippen molar-refractivity contribution in [1.29, 1.82) is 0 Å². The summed E-state index contributed by atoms with van der Waals surface area (Å²) in [4.78, 5) is 29.6. The molecule has 6 nitrogen and oxygen atoms in total. The molecule has 1 atom stereocenters. The molecule has 0 radical (unpaired) electrons. The van der Waals surface area contributed by atoms with Crippen LogP contribution in [0.2, 0.25) is 0 Å². The first kappa shape index (κ1) is 24.1. The van der Waals surface area contributed by atoms with Gasteiger partial charge < -0.3 is 10.1 Å². The number of anilines is 1. The molecule has 0 spiro atoms. The maximum atomic E-state index is 13.3. The molecule has 178 valence electrons. The molecular weight excluding hydrogens is 465 g/mol. The number of benzene rings is 3. The number of methoxy groups -OCH3 is 1. The normalized spacial score (nSPS) is 11.5. The number of ether oxygens (including phenoxy) is 1. The number of hydrogen-bond donors (Lipinski definition) is 2. The highest BCUT2D eigenvalue weighted by Gasteiger charge is 2.18. The molecule has 8 heteroatoms. The molecule has 1 heterocycles. The first-order chi connectivity index (χ1) is 17.0. The fraction of sp³-hybridized carbons (Fsp3) is 0.148. The summed E-state index contributed by atoms with van der Waals surface area (Å²) in [6.45, 7) is 0. The summed E-state index contributed by atoms with van der Waals surface area (Å²) >= 11 is 1.27. The van der Waals surface area contributed by atoms with Crippen LogP contribution in [0, 0.1) is 5.82 Å². The third-order valence-electron chi connectivity index (χ3n) is 5.36. The van der Waals surface area contributed by atoms with E-state index in [2.05, 4.69) is 15.6 Å². The number of rotatable bonds is 9. The molecule has 3 aromatic carbocycles. The van der Waals surface area contributed by atoms with Crippen molar-refractivity contribution in [3.63, 3.8) is 0 Å². The van der Waals surface area contributed by atoms with Gasteiger partial charge in [0.1, 0.15) is 11.6 Å². The Labute approximate surface area is 206 Å². The Balaban J connectivity index is 1.42. The number of carbonyl (C=O) groups is 2. The van der Waals surface area contributed by atoms with Crippen molar-refractivity contribution in [1.82, 2.24) is 10.3 Å². The second kappa shape index (κ2) is 11.4. The van der Waals surface area contributed by atoms with Gasteiger partial charge >= 0.3 is 0 Å². The van der Waals surface area contributed by atoms with E-state index in [0.717, 1.165) is 11.1 Å². The lowest BCUT2D eigenvalue weighted by molar-refractivity contribution is -0.121. The van der Waals surface area contributed by atoms with E-state index in [1.165, 1.54) is 23.5 Å². The summed E-state index contributed by atoms with van der Waals surface area (Å²) in [7, 11) is 1.59. The minimum atomic E-state index is -0.324. The van der Waals surface area contributed by atoms with Crippen LogP contribution in [-0.2, 0) is 17.6 Å². The first-order valence-corrected chi connectivity index (χ1v) is 11.9. The summed E-state index contributed by atoms with van der Waals surface area (Å²) in [6.07, 6.45) is 0.557. The average Bonchev–Trinajstić information content (AvgIpc) is 3.31. The van der Waals surface area contributed by atoms with Crippen LogP contribution in [0.4, 0.5) is 9.52 Å². The van der Waals surface area contributed by atoms with Crippen molar-refractivity contribution in [3.05, 3.63) is 112 Å². The third-order valence-corrected chi connectivity index (χ3v) is 6.16. The Morgan fingerprint density at radius 2 is 1.71 bits per heavy atom. The largest absolute Gasteiger partial charge is 0.497 e. The summed E-state index contributed by atoms with van der Waals surface area (Å²) < 4.78 is 18.6. The van der Waals surface area contributed by atoms with Crippen LogP contribution in [-0.4, -0.2) is 23.9 Å². The van der Waals surface area contributed by atoms with Gasteiger partial charge in [-0.1, -0.05) is 42.5 Å². The van der Waals surface area contributed by atoms with Crippen molar-refractivity contribution in [2.75, 3.05) is 12.4 Å². The molecule has 35 heavy (non-hydrogen) atoms. The molecule has 0 fully saturated rings. The second-order valence-electron chi connectivity index (χ2n) is 7.86. The molecule has 0 bridgehead atoms. The number of hydrogen-bond acceptors (Lipinski definition) is 5. The summed E-state index contributed by atoms with van der Waals surface area (Å²) in [6, 6.07) is 22.2. The first-order valence-electron chi connectivity index (χ1n) is 11.0. The molecule has 0 saturated carbocycles. The topological polar surface area (TPSA) is 80.3 Å². The summed E-state index contributed by atoms with van der Waals surface area (Å²) in [5.74, 6) is -0.0559. The van der Waals surface area contributed by atoms with Crippen LogP contribution in [0.1, 0.15) is 33.2 Å². The van der Waals surface area contributed by atoms with Gasteiger partial charge in [0.25, 0.3) is 5.91 Å². The van der Waals surface area contributed by atoms with E-state index in [0.29, 0.717) is 28.6 Å². The molecular formula is C27H24FN3O3S. The van der Waals surface area contributed by atoms with Crippen LogP contribution >= 0.6 is 11.3 Å². The van der Waals surface area contributed by atoms with Crippen molar-refractivity contribution in [3.8, 4) is 5.75 Å². The Hall–Kier alpha value is -4.04. The molecule has 0 aliphatic carbocycles. The number of nitrogens with one attached hydrogen (secondary N) is 2. The van der Waals surface area contributed by atoms with Crippen molar-refractivity contribution in [2.45, 2.75) is 18.9 Å². The van der Waals surface area contributed by atoms with E-state index in [1.807, 2.05) is 30.3 Å². The van der Waals surface area contributed by atoms with E-state index in [4.69, 9.17) is 4.74 Å². The van der Waals surface area contributed by atoms with E-state index in [9.17, 15) is 14.0 Å². The van der Waals surface area contributed by atoms with Crippen LogP contribution in [0.15, 0.2) is 84.2 Å². The van der Waals surface area contributed by atoms with E-state index < -0.39 is 0 Å². The Bertz CT molecular complexity index is 1280. The Morgan fingerprint density at radius 1 is 1.00 bits per heavy atom. The molecule has 2 N–H and O–H groups in total. The van der Waals surface area contributed by atoms with Gasteiger partial charge in [0.05, 0.1) is 25.3 Å². The third kappa shape index (κ3) is 6.74. The fourth-order valence-corrected chi connectivity index (χ4v) is 4.26. The number of thiazole rings is 1. The van der Waals surface area contributed by atoms with Crippen LogP contribution in [0.5, 0.6) is 5.75 Å². The molecule has 4 rings (SSSR count). The predicted octanol–water partition coefficient (Wildman–Crippen LogP) is 5.19. The quantitative estimate of drug-likeness (QED) is 0.339. The predicted molar refractivity (Wildman–Crippen MR) is 134 cm³/mol. The molecule has 0 aliphatic heterocycles. The maximum Gasteiger partial charge on any atom is 0.257 e. The molecule has 4 aromatic rings. The number of carbonyl (C=O) groups excluding carboxylic acids is 2. The van der Waals surface area contributed by atoms with Crippen molar-refractivity contribution >= 4 is 28.3 Å². The number of nitrogens with zero attached hydrogens (tertiary/aromatic N) is 1. The van der Waals surface area contributed by atoms with E-state index in [-0.39, 0.29) is 30.1 Å². The summed E-state index contributed by atoms with van der Waals surface area (Å²) in [5.41, 5.74) is 2.89. The lowest BCUT2D eigenvalue weighted by atomic mass is 9.98. The zero-order chi connectivity index (χ0) is 24.6. The van der Waals surface area contributed by atoms with Gasteiger partial charge in [0, 0.05) is 10.9 Å². The zero-order valence-corrected chi connectivity index (χ0v) is 19.8. The summed E-state index contributed by atoms with van der Waals surface area (Å²) in [5, 5.41) is 8.01. The molecule has 2 amide bonds. The number of halogens is 1. The van der Waals surface area contributed by atoms with Gasteiger partial charge in [-0.25, -0.2) is 9.37 Å². The number of amides is 2. The molecule has 1 unspecified atom stereocenters. The second-order valence-corrected chi connectivity index (χ2v) is 8.72. The number of aromatic nitrogens is 1. The van der Waals surface area contributed by atoms with E-state index in [1.54, 1.807) is 48.9 Å². The minimum Gasteiger partial charge on any atom is -0.497 e. The van der Waals surface area contributed by atoms with Crippen LogP contribution in [0.25, 0.3) is 0 Å². The van der Waals surface area contributed by atoms with Crippen molar-refractivity contribution < 1.29 is 18.7 Å². The van der Waals surface area contributed by atoms with Gasteiger partial charge in [0.15, 0.2) is 5.13 Å².